The van der Waals surface area contributed by atoms with Crippen molar-refractivity contribution in [1.82, 2.24) is 14.8 Å². The molecular weight excluding hydrogens is 451 g/mol. The van der Waals surface area contributed by atoms with E-state index in [1.807, 2.05) is 24.3 Å². The molecule has 0 radical (unpaired) electrons. The normalized spacial score (nSPS) is 17.5. The second-order valence-electron chi connectivity index (χ2n) is 7.67. The van der Waals surface area contributed by atoms with Crippen molar-refractivity contribution in [2.45, 2.75) is 31.9 Å². The lowest BCUT2D eigenvalue weighted by molar-refractivity contribution is -0.116. The highest BCUT2D eigenvalue weighted by Crippen LogP contribution is 2.41. The minimum atomic E-state index is -0.366. The van der Waals surface area contributed by atoms with Crippen LogP contribution in [0.2, 0.25) is 10.0 Å². The van der Waals surface area contributed by atoms with E-state index >= 15 is 0 Å². The van der Waals surface area contributed by atoms with Crippen LogP contribution in [0.15, 0.2) is 54.0 Å². The third-order valence-electron chi connectivity index (χ3n) is 5.69. The number of halogens is 2. The van der Waals surface area contributed by atoms with E-state index in [0.717, 1.165) is 35.2 Å². The van der Waals surface area contributed by atoms with Crippen LogP contribution >= 0.6 is 23.2 Å². The van der Waals surface area contributed by atoms with Gasteiger partial charge >= 0.3 is 0 Å². The fourth-order valence-electron chi connectivity index (χ4n) is 4.17. The van der Waals surface area contributed by atoms with Gasteiger partial charge in [0.05, 0.1) is 17.2 Å². The SMILES string of the molecule is COc1cc([C@@H]2C3=C(CCCC3=O)Nc3ncnn32)ccc1OCc1ccc(Cl)c(Cl)c1. The van der Waals surface area contributed by atoms with Crippen LogP contribution in [-0.2, 0) is 11.4 Å². The average Bonchev–Trinajstić information content (AvgIpc) is 3.27. The number of ether oxygens (including phenoxy) is 2. The standard InChI is InChI=1S/C23H20Cl2N4O3/c1-31-20-10-14(6-8-19(20)32-11-13-5-7-15(24)16(25)9-13)22-21-17(3-2-4-18(21)30)28-23-26-12-27-29(22)23/h5-10,12,22H,2-4,11H2,1H3,(H,26,27,28)/t22-/m1/s1. The first-order valence-corrected chi connectivity index (χ1v) is 11.0. The summed E-state index contributed by atoms with van der Waals surface area (Å²) in [6, 6.07) is 10.7. The van der Waals surface area contributed by atoms with E-state index in [1.54, 1.807) is 23.9 Å². The third kappa shape index (κ3) is 3.72. The molecule has 0 bridgehead atoms. The molecular formula is C23H20Cl2N4O3. The van der Waals surface area contributed by atoms with Gasteiger partial charge in [-0.25, -0.2) is 4.68 Å². The van der Waals surface area contributed by atoms with Gasteiger partial charge in [-0.05, 0) is 48.2 Å². The molecule has 2 aliphatic rings. The van der Waals surface area contributed by atoms with Crippen molar-refractivity contribution in [3.8, 4) is 11.5 Å². The topological polar surface area (TPSA) is 78.3 Å². The molecule has 3 aromatic rings. The molecule has 1 aliphatic heterocycles. The number of nitrogens with zero attached hydrogens (tertiary/aromatic N) is 3. The van der Waals surface area contributed by atoms with Crippen LogP contribution in [0.3, 0.4) is 0 Å². The van der Waals surface area contributed by atoms with E-state index in [1.165, 1.54) is 6.33 Å². The first kappa shape index (κ1) is 20.8. The first-order chi connectivity index (χ1) is 15.5. The lowest BCUT2D eigenvalue weighted by Crippen LogP contribution is -2.31. The number of rotatable bonds is 5. The maximum absolute atomic E-state index is 12.8. The van der Waals surface area contributed by atoms with Gasteiger partial charge < -0.3 is 14.8 Å². The Morgan fingerprint density at radius 3 is 2.81 bits per heavy atom. The van der Waals surface area contributed by atoms with Crippen LogP contribution in [0.5, 0.6) is 11.5 Å². The van der Waals surface area contributed by atoms with Crippen LogP contribution in [0, 0.1) is 0 Å². The maximum atomic E-state index is 12.8. The predicted molar refractivity (Wildman–Crippen MR) is 121 cm³/mol. The number of anilines is 1. The van der Waals surface area contributed by atoms with Gasteiger partial charge in [0.15, 0.2) is 17.3 Å². The highest BCUT2D eigenvalue weighted by atomic mass is 35.5. The zero-order chi connectivity index (χ0) is 22.2. The van der Waals surface area contributed by atoms with Crippen LogP contribution in [0.1, 0.15) is 36.4 Å². The number of hydrogen-bond donors (Lipinski definition) is 1. The smallest absolute Gasteiger partial charge is 0.226 e. The number of carbonyl (C=O) groups is 1. The largest absolute Gasteiger partial charge is 0.493 e. The number of benzene rings is 2. The van der Waals surface area contributed by atoms with Crippen LogP contribution in [0.4, 0.5) is 5.95 Å². The van der Waals surface area contributed by atoms with Crippen molar-refractivity contribution in [1.29, 1.82) is 0 Å². The fourth-order valence-corrected chi connectivity index (χ4v) is 4.49. The van der Waals surface area contributed by atoms with E-state index in [4.69, 9.17) is 32.7 Å². The van der Waals surface area contributed by atoms with Crippen LogP contribution in [0.25, 0.3) is 0 Å². The van der Waals surface area contributed by atoms with Gasteiger partial charge in [-0.2, -0.15) is 10.1 Å². The number of methoxy groups -OCH3 is 1. The molecule has 1 aliphatic carbocycles. The van der Waals surface area contributed by atoms with Gasteiger partial charge in [0.1, 0.15) is 19.0 Å². The number of carbonyl (C=O) groups excluding carboxylic acids is 1. The molecule has 1 atom stereocenters. The molecule has 2 heterocycles. The van der Waals surface area contributed by atoms with Gasteiger partial charge in [0.2, 0.25) is 5.95 Å². The van der Waals surface area contributed by atoms with E-state index in [2.05, 4.69) is 15.4 Å². The fraction of sp³-hybridized carbons (Fsp3) is 0.261. The Balaban J connectivity index is 1.47. The van der Waals surface area contributed by atoms with E-state index in [-0.39, 0.29) is 11.8 Å². The molecule has 7 nitrogen and oxygen atoms in total. The maximum Gasteiger partial charge on any atom is 0.226 e. The molecule has 0 fully saturated rings. The van der Waals surface area contributed by atoms with Crippen molar-refractivity contribution in [3.05, 3.63) is 75.2 Å². The lowest BCUT2D eigenvalue weighted by Gasteiger charge is -2.32. The minimum Gasteiger partial charge on any atom is -0.493 e. The molecule has 32 heavy (non-hydrogen) atoms. The Labute approximate surface area is 195 Å². The second-order valence-corrected chi connectivity index (χ2v) is 8.49. The molecule has 5 rings (SSSR count). The molecule has 9 heteroatoms. The average molecular weight is 471 g/mol. The number of nitrogens with one attached hydrogen (secondary N) is 1. The Morgan fingerprint density at radius 2 is 2.00 bits per heavy atom. The van der Waals surface area contributed by atoms with Crippen molar-refractivity contribution in [3.63, 3.8) is 0 Å². The third-order valence-corrected chi connectivity index (χ3v) is 6.43. The van der Waals surface area contributed by atoms with Gasteiger partial charge in [0.25, 0.3) is 0 Å². The number of aromatic nitrogens is 3. The van der Waals surface area contributed by atoms with Crippen molar-refractivity contribution < 1.29 is 14.3 Å². The summed E-state index contributed by atoms with van der Waals surface area (Å²) < 4.78 is 13.3. The molecule has 0 unspecified atom stereocenters. The number of ketones is 1. The summed E-state index contributed by atoms with van der Waals surface area (Å²) in [6.07, 6.45) is 3.66. The Hall–Kier alpha value is -3.03. The number of fused-ring (bicyclic) bond motifs is 1. The summed E-state index contributed by atoms with van der Waals surface area (Å²) in [4.78, 5) is 17.1. The molecule has 1 N–H and O–H groups in total. The van der Waals surface area contributed by atoms with Crippen molar-refractivity contribution >= 4 is 34.9 Å². The summed E-state index contributed by atoms with van der Waals surface area (Å²) in [5.41, 5.74) is 3.42. The zero-order valence-corrected chi connectivity index (χ0v) is 18.8. The molecule has 0 spiro atoms. The second kappa shape index (κ2) is 8.48. The molecule has 0 saturated carbocycles. The summed E-state index contributed by atoms with van der Waals surface area (Å²) in [6.45, 7) is 0.307. The highest BCUT2D eigenvalue weighted by molar-refractivity contribution is 6.42. The minimum absolute atomic E-state index is 0.129. The van der Waals surface area contributed by atoms with Crippen LogP contribution in [-0.4, -0.2) is 27.7 Å². The van der Waals surface area contributed by atoms with Gasteiger partial charge in [-0.3, -0.25) is 4.79 Å². The van der Waals surface area contributed by atoms with Gasteiger partial charge in [0, 0.05) is 17.7 Å². The monoisotopic (exact) mass is 470 g/mol. The Morgan fingerprint density at radius 1 is 1.12 bits per heavy atom. The van der Waals surface area contributed by atoms with E-state index < -0.39 is 0 Å². The molecule has 0 amide bonds. The van der Waals surface area contributed by atoms with Crippen molar-refractivity contribution in [2.24, 2.45) is 0 Å². The Kier molecular flexibility index (Phi) is 5.53. The molecule has 0 saturated heterocycles. The summed E-state index contributed by atoms with van der Waals surface area (Å²) in [5, 5.41) is 8.61. The van der Waals surface area contributed by atoms with Gasteiger partial charge in [-0.1, -0.05) is 35.3 Å². The molecule has 2 aromatic carbocycles. The van der Waals surface area contributed by atoms with E-state index in [9.17, 15) is 4.79 Å². The summed E-state index contributed by atoms with van der Waals surface area (Å²) in [7, 11) is 1.59. The van der Waals surface area contributed by atoms with Crippen molar-refractivity contribution in [2.75, 3.05) is 12.4 Å². The number of hydrogen-bond acceptors (Lipinski definition) is 6. The number of Topliss-reactive ketones (excluding diaryl/α,β-unsaturated/α-hetero) is 1. The molecule has 164 valence electrons. The highest BCUT2D eigenvalue weighted by Gasteiger charge is 2.36. The number of allylic oxidation sites excluding steroid dienone is 2. The molecule has 1 aromatic heterocycles. The summed E-state index contributed by atoms with van der Waals surface area (Å²) >= 11 is 12.1. The van der Waals surface area contributed by atoms with Crippen LogP contribution < -0.4 is 14.8 Å². The quantitative estimate of drug-likeness (QED) is 0.552. The Bertz CT molecular complexity index is 1240. The first-order valence-electron chi connectivity index (χ1n) is 10.2. The zero-order valence-electron chi connectivity index (χ0n) is 17.3. The predicted octanol–water partition coefficient (Wildman–Crippen LogP) is 5.19. The lowest BCUT2D eigenvalue weighted by atomic mass is 9.85. The summed E-state index contributed by atoms with van der Waals surface area (Å²) in [5.74, 6) is 1.90. The van der Waals surface area contributed by atoms with E-state index in [0.29, 0.717) is 40.5 Å². The van der Waals surface area contributed by atoms with Gasteiger partial charge in [-0.15, -0.1) is 0 Å².